The van der Waals surface area contributed by atoms with Gasteiger partial charge in [0.25, 0.3) is 0 Å². The summed E-state index contributed by atoms with van der Waals surface area (Å²) in [6, 6.07) is 0. The van der Waals surface area contributed by atoms with E-state index in [4.69, 9.17) is 66.3 Å². The van der Waals surface area contributed by atoms with E-state index in [1.165, 1.54) is 0 Å². The Labute approximate surface area is 513 Å². The van der Waals surface area contributed by atoms with Crippen molar-refractivity contribution in [2.45, 2.75) is 184 Å². The van der Waals surface area contributed by atoms with E-state index in [1.54, 1.807) is 0 Å². The number of hydrogen-bond donors (Lipinski definition) is 11. The van der Waals surface area contributed by atoms with Crippen molar-refractivity contribution in [2.75, 3.05) is 39.6 Å². The van der Waals surface area contributed by atoms with Crippen molar-refractivity contribution < 1.29 is 263 Å². The molecule has 0 aromatic carbocycles. The standard InChI is InChI=1S/C36H56O37S3.3Na/c37-1-7-22(71-74(48,49)50)28(14(41)31(47)60-7)68-33-16(43)26-20(11(64-33)5-58-26)66-36-19(46)30(24(9(3-39)62-36)73-76(54,55)56)70-34-17(44)27-21(12(65-34)6-59-27)67-35-18(45)29(23(8(2-38)61-35)72-75(51,52)53)69-32-15(42)25-13(40)10(63-32)4-57-25;;;/h7-47H,1-6H2,(H,48,49,50)(H,51,52,53)(H,54,55,56);;;/q;3*+1/p-3/t7-,8-,9-,10-,11-,12-,13+,14-,15-,16-,17-,18-,19-,20+,21+,22+,23+,24+,25+,26-,27-,28-,29-,30-,31?,32-,33-,34-,35+,36+;;;/m1.../s1. The molecule has 37 nitrogen and oxygen atoms in total. The summed E-state index contributed by atoms with van der Waals surface area (Å²) in [6.45, 7) is -4.50. The van der Waals surface area contributed by atoms with Crippen molar-refractivity contribution in [1.29, 1.82) is 0 Å². The molecule has 9 rings (SSSR count). The second-order valence-electron chi connectivity index (χ2n) is 18.6. The fourth-order valence-corrected chi connectivity index (χ4v) is 11.8. The Morgan fingerprint density at radius 3 is 1.01 bits per heavy atom. The van der Waals surface area contributed by atoms with Crippen LogP contribution in [0.5, 0.6) is 0 Å². The predicted octanol–water partition coefficient (Wildman–Crippen LogP) is -21.5. The van der Waals surface area contributed by atoms with Gasteiger partial charge in [0.2, 0.25) is 31.2 Å². The zero-order valence-electron chi connectivity index (χ0n) is 41.3. The molecule has 0 aliphatic carbocycles. The SMILES string of the molecule is O=S(=O)([O-])O[C@@H]1[C@H](O[C@H]2O[C@@H]3CO[C@@H]([C@H]3O)[C@H]2O)[C@@H](O)[C@H](O[C@@H]2[C@@H]3OC[C@H]2O[C@H](O[C@@H]2[C@@H](O)[C@H](O[C@@H]4[C@@H]5OC[C@H]4O[C@H](O[C@H]4[C@@H](OS(=O)(=O)[O-])[C@@H](CO)OC(O)[C@@H]4O)[C@@H]5O)O[C@H](CO)[C@@H]2OS(=O)(=O)[O-])[C@@H]3O)O[C@@H]1CO.[Na+].[Na+].[Na+]. The summed E-state index contributed by atoms with van der Waals surface area (Å²) in [6.07, 6.45) is -55.5. The summed E-state index contributed by atoms with van der Waals surface area (Å²) < 4.78 is 199. The topological polar surface area (TPSA) is 551 Å². The van der Waals surface area contributed by atoms with Gasteiger partial charge in [-0.15, -0.1) is 0 Å². The summed E-state index contributed by atoms with van der Waals surface area (Å²) in [5.41, 5.74) is 0. The Bertz CT molecular complexity index is 2340. The van der Waals surface area contributed by atoms with E-state index in [2.05, 4.69) is 12.5 Å². The van der Waals surface area contributed by atoms with E-state index >= 15 is 0 Å². The molecule has 11 N–H and O–H groups in total. The van der Waals surface area contributed by atoms with Crippen LogP contribution in [0.2, 0.25) is 0 Å². The largest absolute Gasteiger partial charge is 1.00 e. The van der Waals surface area contributed by atoms with Crippen molar-refractivity contribution >= 4 is 31.2 Å². The van der Waals surface area contributed by atoms with Crippen LogP contribution in [0.15, 0.2) is 0 Å². The number of aliphatic hydroxyl groups is 11. The van der Waals surface area contributed by atoms with Gasteiger partial charge in [-0.05, 0) is 0 Å². The van der Waals surface area contributed by atoms with Gasteiger partial charge in [0.1, 0.15) is 146 Å². The minimum absolute atomic E-state index is 0. The first-order valence-corrected chi connectivity index (χ1v) is 26.9. The van der Waals surface area contributed by atoms with Gasteiger partial charge in [-0.2, -0.15) is 0 Å². The maximum Gasteiger partial charge on any atom is 1.00 e. The van der Waals surface area contributed by atoms with E-state index in [0.717, 1.165) is 0 Å². The van der Waals surface area contributed by atoms with Crippen molar-refractivity contribution in [1.82, 2.24) is 0 Å². The Kier molecular flexibility index (Phi) is 24.7. The molecule has 9 aliphatic rings. The van der Waals surface area contributed by atoms with Crippen LogP contribution in [-0.4, -0.2) is 319 Å². The molecular weight excluding hydrogens is 1190 g/mol. The second-order valence-corrected chi connectivity index (χ2v) is 21.6. The average molecular weight is 1240 g/mol. The number of hydrogen-bond acceptors (Lipinski definition) is 37. The van der Waals surface area contributed by atoms with E-state index < -0.39 is 248 Å². The Morgan fingerprint density at radius 2 is 0.646 bits per heavy atom. The number of rotatable bonds is 19. The van der Waals surface area contributed by atoms with E-state index in [0.29, 0.717) is 0 Å². The van der Waals surface area contributed by atoms with E-state index in [9.17, 15) is 95.1 Å². The van der Waals surface area contributed by atoms with Crippen LogP contribution in [0, 0.1) is 0 Å². The molecule has 1 unspecified atom stereocenters. The summed E-state index contributed by atoms with van der Waals surface area (Å²) in [4.78, 5) is 0. The Morgan fingerprint density at radius 1 is 0.354 bits per heavy atom. The molecule has 43 heteroatoms. The fourth-order valence-electron chi connectivity index (χ4n) is 10.3. The molecule has 9 heterocycles. The molecule has 30 atom stereocenters. The molecule has 0 aromatic rings. The van der Waals surface area contributed by atoms with Crippen molar-refractivity contribution in [3.63, 3.8) is 0 Å². The van der Waals surface area contributed by atoms with Gasteiger partial charge in [-0.25, -0.2) is 25.3 Å². The third-order valence-electron chi connectivity index (χ3n) is 13.8. The molecule has 79 heavy (non-hydrogen) atoms. The fraction of sp³-hybridized carbons (Fsp3) is 1.00. The van der Waals surface area contributed by atoms with Gasteiger partial charge < -0.3 is 136 Å². The quantitative estimate of drug-likeness (QED) is 0.0325. The first kappa shape index (κ1) is 69.7. The van der Waals surface area contributed by atoms with Gasteiger partial charge in [-0.1, -0.05) is 0 Å². The monoisotopic (exact) mass is 1240 g/mol. The summed E-state index contributed by atoms with van der Waals surface area (Å²) in [5.74, 6) is 0. The molecule has 9 saturated heterocycles. The average Bonchev–Trinajstić information content (AvgIpc) is 4.12. The molecule has 0 saturated carbocycles. The molecule has 9 fully saturated rings. The smallest absolute Gasteiger partial charge is 0.726 e. The Hall–Kier alpha value is 1.61. The maximum absolute atomic E-state index is 12.0. The zero-order valence-corrected chi connectivity index (χ0v) is 49.8. The Balaban J connectivity index is 0.00000336. The second kappa shape index (κ2) is 28.0. The van der Waals surface area contributed by atoms with Crippen LogP contribution in [0.25, 0.3) is 0 Å². The minimum atomic E-state index is -5.75. The minimum Gasteiger partial charge on any atom is -0.726 e. The molecule has 9 aliphatic heterocycles. The van der Waals surface area contributed by atoms with Crippen LogP contribution >= 0.6 is 0 Å². The molecule has 0 radical (unpaired) electrons. The first-order valence-electron chi connectivity index (χ1n) is 22.9. The van der Waals surface area contributed by atoms with Gasteiger partial charge >= 0.3 is 88.7 Å². The van der Waals surface area contributed by atoms with Gasteiger partial charge in [0.15, 0.2) is 37.7 Å². The normalized spacial score (nSPS) is 48.8. The molecule has 6 bridgehead atoms. The van der Waals surface area contributed by atoms with Crippen LogP contribution < -0.4 is 88.7 Å². The first-order chi connectivity index (χ1) is 35.7. The third kappa shape index (κ3) is 15.2. The van der Waals surface area contributed by atoms with Gasteiger partial charge in [0.05, 0.1) is 39.6 Å². The summed E-state index contributed by atoms with van der Waals surface area (Å²) >= 11 is 0. The number of aliphatic hydroxyl groups excluding tert-OH is 11. The molecule has 0 aromatic heterocycles. The van der Waals surface area contributed by atoms with Crippen LogP contribution in [-0.2, 0) is 110 Å². The predicted molar refractivity (Wildman–Crippen MR) is 215 cm³/mol. The summed E-state index contributed by atoms with van der Waals surface area (Å²) in [7, 11) is -17.0. The van der Waals surface area contributed by atoms with Gasteiger partial charge in [-0.3, -0.25) is 12.5 Å². The maximum atomic E-state index is 12.0. The van der Waals surface area contributed by atoms with Crippen molar-refractivity contribution in [3.8, 4) is 0 Å². The number of fused-ring (bicyclic) bond motifs is 6. The van der Waals surface area contributed by atoms with Gasteiger partial charge in [0, 0.05) is 0 Å². The summed E-state index contributed by atoms with van der Waals surface area (Å²) in [5, 5.41) is 119. The molecule has 440 valence electrons. The van der Waals surface area contributed by atoms with Crippen LogP contribution in [0.4, 0.5) is 0 Å². The molecule has 0 spiro atoms. The van der Waals surface area contributed by atoms with Crippen LogP contribution in [0.1, 0.15) is 0 Å². The van der Waals surface area contributed by atoms with E-state index in [1.807, 2.05) is 0 Å². The molecular formula is C36H53Na3O37S3. The zero-order chi connectivity index (χ0) is 55.1. The van der Waals surface area contributed by atoms with E-state index in [-0.39, 0.29) is 95.3 Å². The third-order valence-corrected chi connectivity index (χ3v) is 15.1. The molecule has 0 amide bonds. The number of ether oxygens (including phenoxy) is 14. The van der Waals surface area contributed by atoms with Crippen LogP contribution in [0.3, 0.4) is 0 Å². The van der Waals surface area contributed by atoms with Crippen molar-refractivity contribution in [2.24, 2.45) is 0 Å². The van der Waals surface area contributed by atoms with Crippen molar-refractivity contribution in [3.05, 3.63) is 0 Å².